The second-order valence-electron chi connectivity index (χ2n) is 3.44. The molecule has 0 spiro atoms. The van der Waals surface area contributed by atoms with Gasteiger partial charge in [0.05, 0.1) is 10.2 Å². The van der Waals surface area contributed by atoms with Gasteiger partial charge in [0.15, 0.2) is 0 Å². The van der Waals surface area contributed by atoms with Gasteiger partial charge in [-0.05, 0) is 40.2 Å². The van der Waals surface area contributed by atoms with Gasteiger partial charge in [0.2, 0.25) is 0 Å². The lowest BCUT2D eigenvalue weighted by Crippen LogP contribution is -2.04. The summed E-state index contributed by atoms with van der Waals surface area (Å²) in [6.45, 7) is 0.408. The van der Waals surface area contributed by atoms with Crippen LogP contribution in [0.15, 0.2) is 28.7 Å². The smallest absolute Gasteiger partial charge is 0.123 e. The van der Waals surface area contributed by atoms with E-state index in [9.17, 15) is 4.39 Å². The number of aromatic nitrogens is 2. The number of benzene rings is 1. The van der Waals surface area contributed by atoms with Gasteiger partial charge in [-0.3, -0.25) is 4.68 Å². The third-order valence-corrected chi connectivity index (χ3v) is 3.25. The molecule has 16 heavy (non-hydrogen) atoms. The van der Waals surface area contributed by atoms with Crippen molar-refractivity contribution in [2.24, 2.45) is 12.8 Å². The molecule has 1 heterocycles. The fourth-order valence-corrected chi connectivity index (χ4v) is 2.27. The van der Waals surface area contributed by atoms with Crippen molar-refractivity contribution >= 4 is 15.9 Å². The number of nitrogens with two attached hydrogens (primary N) is 1. The maximum Gasteiger partial charge on any atom is 0.123 e. The van der Waals surface area contributed by atoms with Crippen LogP contribution in [-0.2, 0) is 13.6 Å². The fourth-order valence-electron chi connectivity index (χ4n) is 1.55. The summed E-state index contributed by atoms with van der Waals surface area (Å²) in [5.41, 5.74) is 8.18. The van der Waals surface area contributed by atoms with E-state index in [2.05, 4.69) is 21.0 Å². The Labute approximate surface area is 101 Å². The topological polar surface area (TPSA) is 43.8 Å². The van der Waals surface area contributed by atoms with Crippen molar-refractivity contribution in [1.82, 2.24) is 9.78 Å². The molecule has 0 atom stereocenters. The van der Waals surface area contributed by atoms with E-state index < -0.39 is 0 Å². The summed E-state index contributed by atoms with van der Waals surface area (Å²) in [6, 6.07) is 6.22. The molecule has 5 heteroatoms. The van der Waals surface area contributed by atoms with Crippen molar-refractivity contribution < 1.29 is 4.39 Å². The number of hydrogen-bond donors (Lipinski definition) is 1. The SMILES string of the molecule is Cn1nc(-c2ccc(F)cc2)c(Br)c1CN. The molecule has 0 saturated heterocycles. The van der Waals surface area contributed by atoms with Crippen molar-refractivity contribution in [3.05, 3.63) is 40.2 Å². The average molecular weight is 284 g/mol. The van der Waals surface area contributed by atoms with Crippen molar-refractivity contribution in [3.8, 4) is 11.3 Å². The first-order chi connectivity index (χ1) is 7.63. The molecule has 2 aromatic rings. The summed E-state index contributed by atoms with van der Waals surface area (Å²) in [7, 11) is 1.83. The summed E-state index contributed by atoms with van der Waals surface area (Å²) in [5, 5.41) is 4.35. The molecule has 0 aliphatic rings. The highest BCUT2D eigenvalue weighted by atomic mass is 79.9. The summed E-state index contributed by atoms with van der Waals surface area (Å²) >= 11 is 3.46. The first-order valence-electron chi connectivity index (χ1n) is 4.81. The maximum atomic E-state index is 12.8. The highest BCUT2D eigenvalue weighted by molar-refractivity contribution is 9.10. The highest BCUT2D eigenvalue weighted by Crippen LogP contribution is 2.29. The molecule has 0 aliphatic heterocycles. The van der Waals surface area contributed by atoms with Gasteiger partial charge in [-0.25, -0.2) is 4.39 Å². The zero-order chi connectivity index (χ0) is 11.7. The molecule has 3 nitrogen and oxygen atoms in total. The van der Waals surface area contributed by atoms with Gasteiger partial charge in [-0.15, -0.1) is 0 Å². The van der Waals surface area contributed by atoms with E-state index >= 15 is 0 Å². The van der Waals surface area contributed by atoms with Crippen LogP contribution in [0.1, 0.15) is 5.69 Å². The Morgan fingerprint density at radius 1 is 1.38 bits per heavy atom. The second-order valence-corrected chi connectivity index (χ2v) is 4.24. The minimum absolute atomic E-state index is 0.255. The summed E-state index contributed by atoms with van der Waals surface area (Å²) < 4.78 is 15.4. The zero-order valence-corrected chi connectivity index (χ0v) is 10.3. The van der Waals surface area contributed by atoms with Crippen LogP contribution in [0.3, 0.4) is 0 Å². The Balaban J connectivity index is 2.52. The van der Waals surface area contributed by atoms with E-state index in [1.165, 1.54) is 12.1 Å². The molecule has 1 aromatic heterocycles. The molecule has 0 fully saturated rings. The van der Waals surface area contributed by atoms with E-state index in [1.807, 2.05) is 7.05 Å². The third kappa shape index (κ3) is 1.88. The van der Waals surface area contributed by atoms with Crippen LogP contribution in [0.4, 0.5) is 4.39 Å². The first-order valence-corrected chi connectivity index (χ1v) is 5.60. The van der Waals surface area contributed by atoms with Crippen LogP contribution >= 0.6 is 15.9 Å². The fraction of sp³-hybridized carbons (Fsp3) is 0.182. The molecule has 0 aliphatic carbocycles. The summed E-state index contributed by atoms with van der Waals surface area (Å²) in [4.78, 5) is 0. The average Bonchev–Trinajstić information content (AvgIpc) is 2.55. The lowest BCUT2D eigenvalue weighted by Gasteiger charge is -1.97. The normalized spacial score (nSPS) is 10.8. The van der Waals surface area contributed by atoms with E-state index in [0.717, 1.165) is 21.4 Å². The molecule has 2 rings (SSSR count). The van der Waals surface area contributed by atoms with Crippen LogP contribution in [0, 0.1) is 5.82 Å². The lowest BCUT2D eigenvalue weighted by atomic mass is 10.1. The lowest BCUT2D eigenvalue weighted by molar-refractivity contribution is 0.628. The third-order valence-electron chi connectivity index (χ3n) is 2.41. The summed E-state index contributed by atoms with van der Waals surface area (Å²) in [6.07, 6.45) is 0. The van der Waals surface area contributed by atoms with Crippen LogP contribution in [0.2, 0.25) is 0 Å². The molecular weight excluding hydrogens is 273 g/mol. The Hall–Kier alpha value is -1.20. The van der Waals surface area contributed by atoms with Crippen molar-refractivity contribution in [2.45, 2.75) is 6.54 Å². The molecule has 0 saturated carbocycles. The monoisotopic (exact) mass is 283 g/mol. The van der Waals surface area contributed by atoms with Crippen molar-refractivity contribution in [2.75, 3.05) is 0 Å². The Morgan fingerprint density at radius 3 is 2.50 bits per heavy atom. The Bertz CT molecular complexity index is 505. The number of hydrogen-bond acceptors (Lipinski definition) is 2. The van der Waals surface area contributed by atoms with Gasteiger partial charge >= 0.3 is 0 Å². The maximum absolute atomic E-state index is 12.8. The van der Waals surface area contributed by atoms with Gasteiger partial charge < -0.3 is 5.73 Å². The second kappa shape index (κ2) is 4.35. The van der Waals surface area contributed by atoms with Gasteiger partial charge in [0.25, 0.3) is 0 Å². The quantitative estimate of drug-likeness (QED) is 0.920. The predicted molar refractivity (Wildman–Crippen MR) is 64.2 cm³/mol. The number of aryl methyl sites for hydroxylation is 1. The van der Waals surface area contributed by atoms with Gasteiger partial charge in [-0.1, -0.05) is 0 Å². The largest absolute Gasteiger partial charge is 0.325 e. The Morgan fingerprint density at radius 2 is 2.00 bits per heavy atom. The number of halogens is 2. The molecule has 0 radical (unpaired) electrons. The van der Waals surface area contributed by atoms with Crippen molar-refractivity contribution in [3.63, 3.8) is 0 Å². The molecular formula is C11H11BrFN3. The number of nitrogens with zero attached hydrogens (tertiary/aromatic N) is 2. The minimum atomic E-state index is -0.255. The summed E-state index contributed by atoms with van der Waals surface area (Å²) in [5.74, 6) is -0.255. The van der Waals surface area contributed by atoms with E-state index in [4.69, 9.17) is 5.73 Å². The van der Waals surface area contributed by atoms with E-state index in [-0.39, 0.29) is 5.82 Å². The van der Waals surface area contributed by atoms with Crippen LogP contribution in [0.5, 0.6) is 0 Å². The molecule has 2 N–H and O–H groups in total. The van der Waals surface area contributed by atoms with Gasteiger partial charge in [-0.2, -0.15) is 5.10 Å². The molecule has 0 amide bonds. The van der Waals surface area contributed by atoms with Crippen molar-refractivity contribution in [1.29, 1.82) is 0 Å². The standard InChI is InChI=1S/C11H11BrFN3/c1-16-9(6-14)10(12)11(15-16)7-2-4-8(13)5-3-7/h2-5H,6,14H2,1H3. The van der Waals surface area contributed by atoms with Crippen LogP contribution in [0.25, 0.3) is 11.3 Å². The number of rotatable bonds is 2. The molecule has 1 aromatic carbocycles. The van der Waals surface area contributed by atoms with Gasteiger partial charge in [0, 0.05) is 19.2 Å². The molecule has 0 unspecified atom stereocenters. The van der Waals surface area contributed by atoms with E-state index in [1.54, 1.807) is 16.8 Å². The van der Waals surface area contributed by atoms with E-state index in [0.29, 0.717) is 6.54 Å². The zero-order valence-electron chi connectivity index (χ0n) is 8.74. The van der Waals surface area contributed by atoms with Crippen LogP contribution in [-0.4, -0.2) is 9.78 Å². The Kier molecular flexibility index (Phi) is 3.07. The first kappa shape index (κ1) is 11.3. The van der Waals surface area contributed by atoms with Gasteiger partial charge in [0.1, 0.15) is 11.5 Å². The minimum Gasteiger partial charge on any atom is -0.325 e. The van der Waals surface area contributed by atoms with Crippen LogP contribution < -0.4 is 5.73 Å². The predicted octanol–water partition coefficient (Wildman–Crippen LogP) is 2.45. The molecule has 84 valence electrons. The highest BCUT2D eigenvalue weighted by Gasteiger charge is 2.13. The molecule has 0 bridgehead atoms.